The van der Waals surface area contributed by atoms with Gasteiger partial charge in [-0.05, 0) is 13.0 Å². The third kappa shape index (κ3) is 2.42. The Bertz CT molecular complexity index is 692. The van der Waals surface area contributed by atoms with Crippen LogP contribution < -0.4 is 10.5 Å². The minimum absolute atomic E-state index is 0.0341. The van der Waals surface area contributed by atoms with Gasteiger partial charge in [-0.15, -0.1) is 0 Å². The number of ether oxygens (including phenoxy) is 1. The summed E-state index contributed by atoms with van der Waals surface area (Å²) in [6.45, 7) is 1.71. The molecule has 0 aliphatic carbocycles. The molecule has 0 saturated heterocycles. The van der Waals surface area contributed by atoms with Gasteiger partial charge < -0.3 is 10.5 Å². The summed E-state index contributed by atoms with van der Waals surface area (Å²) >= 11 is 5.69. The molecule has 20 heavy (non-hydrogen) atoms. The molecule has 2 aromatic heterocycles. The maximum Gasteiger partial charge on any atom is 0.250 e. The Morgan fingerprint density at radius 2 is 2.10 bits per heavy atom. The molecule has 0 aromatic carbocycles. The Labute approximate surface area is 119 Å². The van der Waals surface area contributed by atoms with Gasteiger partial charge in [0.15, 0.2) is 11.0 Å². The van der Waals surface area contributed by atoms with Crippen molar-refractivity contribution in [3.8, 4) is 16.9 Å². The second-order valence-electron chi connectivity index (χ2n) is 4.04. The number of primary amides is 1. The molecule has 1 amide bonds. The van der Waals surface area contributed by atoms with E-state index in [1.54, 1.807) is 6.92 Å². The van der Waals surface area contributed by atoms with E-state index in [1.807, 2.05) is 0 Å². The SMILES string of the molecule is COc1cnc(Cl)c(F)c1-c1cc(C)ncc1C(N)=O. The van der Waals surface area contributed by atoms with E-state index in [4.69, 9.17) is 22.1 Å². The fraction of sp³-hybridized carbons (Fsp3) is 0.154. The summed E-state index contributed by atoms with van der Waals surface area (Å²) in [4.78, 5) is 19.1. The van der Waals surface area contributed by atoms with Crippen LogP contribution in [0.1, 0.15) is 16.1 Å². The van der Waals surface area contributed by atoms with E-state index in [0.717, 1.165) is 0 Å². The zero-order valence-corrected chi connectivity index (χ0v) is 11.5. The van der Waals surface area contributed by atoms with Gasteiger partial charge in [0, 0.05) is 17.5 Å². The molecule has 0 fully saturated rings. The lowest BCUT2D eigenvalue weighted by Gasteiger charge is -2.13. The highest BCUT2D eigenvalue weighted by molar-refractivity contribution is 6.30. The highest BCUT2D eigenvalue weighted by Crippen LogP contribution is 2.36. The second-order valence-corrected chi connectivity index (χ2v) is 4.40. The number of nitrogens with two attached hydrogens (primary N) is 1. The van der Waals surface area contributed by atoms with Gasteiger partial charge in [0.2, 0.25) is 0 Å². The molecule has 0 aliphatic rings. The quantitative estimate of drug-likeness (QED) is 0.882. The average Bonchev–Trinajstić information content (AvgIpc) is 2.41. The van der Waals surface area contributed by atoms with Gasteiger partial charge >= 0.3 is 0 Å². The molecule has 2 N–H and O–H groups in total. The van der Waals surface area contributed by atoms with E-state index in [9.17, 15) is 9.18 Å². The summed E-state index contributed by atoms with van der Waals surface area (Å²) < 4.78 is 19.3. The number of carbonyl (C=O) groups is 1. The van der Waals surface area contributed by atoms with Crippen LogP contribution in [-0.4, -0.2) is 23.0 Å². The number of aromatic nitrogens is 2. The van der Waals surface area contributed by atoms with Gasteiger partial charge in [-0.1, -0.05) is 11.6 Å². The van der Waals surface area contributed by atoms with Crippen LogP contribution in [0, 0.1) is 12.7 Å². The lowest BCUT2D eigenvalue weighted by molar-refractivity contribution is 0.100. The fourth-order valence-corrected chi connectivity index (χ4v) is 1.96. The van der Waals surface area contributed by atoms with Crippen molar-refractivity contribution in [2.75, 3.05) is 7.11 Å². The summed E-state index contributed by atoms with van der Waals surface area (Å²) in [7, 11) is 1.37. The van der Waals surface area contributed by atoms with Crippen LogP contribution in [0.3, 0.4) is 0 Å². The van der Waals surface area contributed by atoms with E-state index in [2.05, 4.69) is 9.97 Å². The molecule has 0 unspecified atom stereocenters. The van der Waals surface area contributed by atoms with Crippen LogP contribution in [0.4, 0.5) is 4.39 Å². The standard InChI is InChI=1S/C13H11ClFN3O2/c1-6-3-7(8(4-17-6)13(16)19)10-9(20-2)5-18-12(14)11(10)15/h3-5H,1-2H3,(H2,16,19). The molecule has 2 aromatic rings. The summed E-state index contributed by atoms with van der Waals surface area (Å²) in [6.07, 6.45) is 2.57. The average molecular weight is 296 g/mol. The summed E-state index contributed by atoms with van der Waals surface area (Å²) in [5, 5.41) is -0.314. The van der Waals surface area contributed by atoms with Crippen molar-refractivity contribution in [3.05, 3.63) is 40.7 Å². The molecule has 2 heterocycles. The highest BCUT2D eigenvalue weighted by Gasteiger charge is 2.21. The minimum atomic E-state index is -0.779. The monoisotopic (exact) mass is 295 g/mol. The van der Waals surface area contributed by atoms with Crippen LogP contribution in [-0.2, 0) is 0 Å². The second kappa shape index (κ2) is 5.42. The van der Waals surface area contributed by atoms with Gasteiger partial charge in [0.05, 0.1) is 24.4 Å². The van der Waals surface area contributed by atoms with Crippen LogP contribution in [0.25, 0.3) is 11.1 Å². The van der Waals surface area contributed by atoms with Gasteiger partial charge in [-0.2, -0.15) is 0 Å². The zero-order chi connectivity index (χ0) is 14.9. The van der Waals surface area contributed by atoms with Crippen molar-refractivity contribution in [2.45, 2.75) is 6.92 Å². The molecule has 104 valence electrons. The molecule has 2 rings (SSSR count). The molecule has 7 heteroatoms. The number of hydrogen-bond acceptors (Lipinski definition) is 4. The molecule has 0 atom stereocenters. The molecule has 0 aliphatic heterocycles. The van der Waals surface area contributed by atoms with Crippen LogP contribution >= 0.6 is 11.6 Å². The Kier molecular flexibility index (Phi) is 3.85. The topological polar surface area (TPSA) is 78.1 Å². The van der Waals surface area contributed by atoms with E-state index in [-0.39, 0.29) is 27.6 Å². The maximum absolute atomic E-state index is 14.3. The van der Waals surface area contributed by atoms with Crippen LogP contribution in [0.2, 0.25) is 5.15 Å². The van der Waals surface area contributed by atoms with Crippen molar-refractivity contribution >= 4 is 17.5 Å². The lowest BCUT2D eigenvalue weighted by atomic mass is 10.00. The number of rotatable bonds is 3. The molecular formula is C13H11ClFN3O2. The number of amides is 1. The smallest absolute Gasteiger partial charge is 0.250 e. The molecule has 0 spiro atoms. The Hall–Kier alpha value is -2.21. The fourth-order valence-electron chi connectivity index (χ4n) is 1.82. The van der Waals surface area contributed by atoms with Gasteiger partial charge in [0.25, 0.3) is 5.91 Å². The number of aryl methyl sites for hydroxylation is 1. The van der Waals surface area contributed by atoms with Gasteiger partial charge in [-0.3, -0.25) is 9.78 Å². The van der Waals surface area contributed by atoms with Gasteiger partial charge in [-0.25, -0.2) is 9.37 Å². The molecule has 0 radical (unpaired) electrons. The zero-order valence-electron chi connectivity index (χ0n) is 10.8. The van der Waals surface area contributed by atoms with Crippen LogP contribution in [0.5, 0.6) is 5.75 Å². The van der Waals surface area contributed by atoms with Crippen molar-refractivity contribution in [3.63, 3.8) is 0 Å². The van der Waals surface area contributed by atoms with E-state index >= 15 is 0 Å². The minimum Gasteiger partial charge on any atom is -0.494 e. The molecule has 5 nitrogen and oxygen atoms in total. The normalized spacial score (nSPS) is 10.4. The van der Waals surface area contributed by atoms with Crippen molar-refractivity contribution in [2.24, 2.45) is 5.73 Å². The Morgan fingerprint density at radius 1 is 1.40 bits per heavy atom. The summed E-state index contributed by atoms with van der Waals surface area (Å²) in [6, 6.07) is 1.54. The first kappa shape index (κ1) is 14.2. The van der Waals surface area contributed by atoms with E-state index in [0.29, 0.717) is 5.69 Å². The molecule has 0 bridgehead atoms. The number of nitrogens with zero attached hydrogens (tertiary/aromatic N) is 2. The molecular weight excluding hydrogens is 285 g/mol. The molecule has 0 saturated carbocycles. The number of hydrogen-bond donors (Lipinski definition) is 1. The third-order valence-corrected chi connectivity index (χ3v) is 3.00. The maximum atomic E-state index is 14.3. The largest absolute Gasteiger partial charge is 0.494 e. The Balaban J connectivity index is 2.83. The predicted octanol–water partition coefficient (Wildman–Crippen LogP) is 2.35. The van der Waals surface area contributed by atoms with Crippen molar-refractivity contribution in [1.29, 1.82) is 0 Å². The number of carbonyl (C=O) groups excluding carboxylic acids is 1. The Morgan fingerprint density at radius 3 is 2.70 bits per heavy atom. The number of methoxy groups -OCH3 is 1. The first-order valence-electron chi connectivity index (χ1n) is 5.60. The summed E-state index contributed by atoms with van der Waals surface area (Å²) in [5.74, 6) is -1.35. The highest BCUT2D eigenvalue weighted by atomic mass is 35.5. The number of halogens is 2. The van der Waals surface area contributed by atoms with E-state index < -0.39 is 11.7 Å². The van der Waals surface area contributed by atoms with Crippen molar-refractivity contribution < 1.29 is 13.9 Å². The summed E-state index contributed by atoms with van der Waals surface area (Å²) in [5.41, 5.74) is 6.27. The third-order valence-electron chi connectivity index (χ3n) is 2.74. The van der Waals surface area contributed by atoms with E-state index in [1.165, 1.54) is 25.6 Å². The van der Waals surface area contributed by atoms with Crippen LogP contribution in [0.15, 0.2) is 18.5 Å². The number of pyridine rings is 2. The lowest BCUT2D eigenvalue weighted by Crippen LogP contribution is -2.14. The first-order valence-corrected chi connectivity index (χ1v) is 5.98. The van der Waals surface area contributed by atoms with Gasteiger partial charge in [0.1, 0.15) is 5.75 Å². The van der Waals surface area contributed by atoms with Crippen molar-refractivity contribution in [1.82, 2.24) is 9.97 Å². The first-order chi connectivity index (χ1) is 9.45. The predicted molar refractivity (Wildman–Crippen MR) is 72.2 cm³/mol.